The van der Waals surface area contributed by atoms with Crippen LogP contribution in [0.25, 0.3) is 11.1 Å². The van der Waals surface area contributed by atoms with Crippen molar-refractivity contribution >= 4 is 33.2 Å². The Morgan fingerprint density at radius 2 is 1.52 bits per heavy atom. The molecule has 1 aliphatic heterocycles. The third kappa shape index (κ3) is 7.39. The number of sulfonamides is 1. The van der Waals surface area contributed by atoms with Gasteiger partial charge < -0.3 is 9.64 Å². The van der Waals surface area contributed by atoms with Crippen LogP contribution in [0.3, 0.4) is 0 Å². The molecule has 234 valence electrons. The highest BCUT2D eigenvalue weighted by atomic mass is 35.5. The lowest BCUT2D eigenvalue weighted by molar-refractivity contribution is 0.0979. The van der Waals surface area contributed by atoms with E-state index < -0.39 is 21.7 Å². The standard InChI is InChI=1S/C36H31ClFN3O4S/c37-28-15-13-26(14-16-28)33-12-5-4-7-27(33)25-40-19-21-41(22-20-40)30-17-18-34(35(24-30)45-31-9-2-1-3-10-31)36(42)39-46(43,44)32-11-6-8-29(38)23-32/h1-18,23-24H,19-22,25H2,(H,39,42). The summed E-state index contributed by atoms with van der Waals surface area (Å²) in [6, 6.07) is 34.8. The molecule has 0 atom stereocenters. The van der Waals surface area contributed by atoms with Crippen molar-refractivity contribution in [3.63, 3.8) is 0 Å². The van der Waals surface area contributed by atoms with Crippen molar-refractivity contribution in [2.24, 2.45) is 0 Å². The van der Waals surface area contributed by atoms with Gasteiger partial charge in [0.2, 0.25) is 0 Å². The molecule has 1 saturated heterocycles. The molecule has 46 heavy (non-hydrogen) atoms. The van der Waals surface area contributed by atoms with E-state index >= 15 is 0 Å². The van der Waals surface area contributed by atoms with Crippen molar-refractivity contribution < 1.29 is 22.3 Å². The predicted octanol–water partition coefficient (Wildman–Crippen LogP) is 7.38. The summed E-state index contributed by atoms with van der Waals surface area (Å²) in [5.41, 5.74) is 4.41. The number of amides is 1. The van der Waals surface area contributed by atoms with Gasteiger partial charge in [-0.3, -0.25) is 9.69 Å². The van der Waals surface area contributed by atoms with Crippen LogP contribution in [-0.4, -0.2) is 45.4 Å². The molecule has 1 aliphatic rings. The Labute approximate surface area is 272 Å². The van der Waals surface area contributed by atoms with Crippen LogP contribution in [0.5, 0.6) is 11.5 Å². The second-order valence-electron chi connectivity index (χ2n) is 10.9. The molecule has 0 radical (unpaired) electrons. The molecule has 10 heteroatoms. The van der Waals surface area contributed by atoms with Gasteiger partial charge in [0.15, 0.2) is 0 Å². The zero-order valence-corrected chi connectivity index (χ0v) is 26.3. The first-order chi connectivity index (χ1) is 22.2. The maximum Gasteiger partial charge on any atom is 0.268 e. The summed E-state index contributed by atoms with van der Waals surface area (Å²) in [7, 11) is -4.32. The van der Waals surface area contributed by atoms with Gasteiger partial charge in [0.1, 0.15) is 17.3 Å². The number of hydrogen-bond acceptors (Lipinski definition) is 6. The second-order valence-corrected chi connectivity index (χ2v) is 13.0. The summed E-state index contributed by atoms with van der Waals surface area (Å²) in [6.07, 6.45) is 0. The van der Waals surface area contributed by atoms with E-state index in [1.54, 1.807) is 42.5 Å². The maximum atomic E-state index is 13.7. The zero-order valence-electron chi connectivity index (χ0n) is 24.8. The third-order valence-electron chi connectivity index (χ3n) is 7.82. The van der Waals surface area contributed by atoms with Gasteiger partial charge in [-0.1, -0.05) is 72.3 Å². The first-order valence-electron chi connectivity index (χ1n) is 14.8. The number of hydrogen-bond donors (Lipinski definition) is 1. The van der Waals surface area contributed by atoms with Crippen LogP contribution in [0, 0.1) is 5.82 Å². The van der Waals surface area contributed by atoms with E-state index in [1.165, 1.54) is 23.3 Å². The molecule has 0 unspecified atom stereocenters. The van der Waals surface area contributed by atoms with Crippen LogP contribution >= 0.6 is 11.6 Å². The lowest BCUT2D eigenvalue weighted by Gasteiger charge is -2.36. The molecule has 1 heterocycles. The van der Waals surface area contributed by atoms with Gasteiger partial charge in [0.25, 0.3) is 15.9 Å². The molecule has 6 rings (SSSR count). The number of ether oxygens (including phenoxy) is 1. The normalized spacial score (nSPS) is 13.7. The third-order valence-corrected chi connectivity index (χ3v) is 9.40. The van der Waals surface area contributed by atoms with E-state index in [1.807, 2.05) is 41.1 Å². The van der Waals surface area contributed by atoms with Gasteiger partial charge in [-0.2, -0.15) is 0 Å². The largest absolute Gasteiger partial charge is 0.456 e. The molecule has 5 aromatic rings. The van der Waals surface area contributed by atoms with Crippen LogP contribution < -0.4 is 14.4 Å². The van der Waals surface area contributed by atoms with Gasteiger partial charge in [-0.25, -0.2) is 17.5 Å². The fourth-order valence-corrected chi connectivity index (χ4v) is 6.56. The van der Waals surface area contributed by atoms with E-state index in [9.17, 15) is 17.6 Å². The lowest BCUT2D eigenvalue weighted by Crippen LogP contribution is -2.46. The lowest BCUT2D eigenvalue weighted by atomic mass is 9.99. The minimum Gasteiger partial charge on any atom is -0.456 e. The summed E-state index contributed by atoms with van der Waals surface area (Å²) in [5.74, 6) is -0.912. The van der Waals surface area contributed by atoms with Gasteiger partial charge in [-0.15, -0.1) is 0 Å². The smallest absolute Gasteiger partial charge is 0.268 e. The molecular formula is C36H31ClFN3O4S. The van der Waals surface area contributed by atoms with Crippen LogP contribution in [0.15, 0.2) is 126 Å². The minimum atomic E-state index is -4.32. The molecular weight excluding hydrogens is 625 g/mol. The van der Waals surface area contributed by atoms with Gasteiger partial charge in [-0.05, 0) is 71.3 Å². The maximum absolute atomic E-state index is 13.7. The Morgan fingerprint density at radius 1 is 0.804 bits per heavy atom. The van der Waals surface area contributed by atoms with E-state index in [2.05, 4.69) is 28.0 Å². The van der Waals surface area contributed by atoms with E-state index in [0.29, 0.717) is 10.8 Å². The molecule has 0 aromatic heterocycles. The average Bonchev–Trinajstić information content (AvgIpc) is 3.06. The van der Waals surface area contributed by atoms with Crippen molar-refractivity contribution in [2.45, 2.75) is 11.4 Å². The number of nitrogens with zero attached hydrogens (tertiary/aromatic N) is 2. The summed E-state index contributed by atoms with van der Waals surface area (Å²) < 4.78 is 47.6. The van der Waals surface area contributed by atoms with E-state index in [0.717, 1.165) is 56.1 Å². The van der Waals surface area contributed by atoms with Crippen molar-refractivity contribution in [3.05, 3.63) is 143 Å². The monoisotopic (exact) mass is 655 g/mol. The number of rotatable bonds is 9. The number of benzene rings is 5. The van der Waals surface area contributed by atoms with Crippen molar-refractivity contribution in [1.29, 1.82) is 0 Å². The average molecular weight is 656 g/mol. The first kappa shape index (κ1) is 31.3. The van der Waals surface area contributed by atoms with Crippen molar-refractivity contribution in [3.8, 4) is 22.6 Å². The summed E-state index contributed by atoms with van der Waals surface area (Å²) in [6.45, 7) is 3.92. The number of piperazine rings is 1. The second kappa shape index (κ2) is 13.7. The zero-order chi connectivity index (χ0) is 32.1. The highest BCUT2D eigenvalue weighted by Crippen LogP contribution is 2.32. The molecule has 1 amide bonds. The molecule has 1 fully saturated rings. The van der Waals surface area contributed by atoms with E-state index in [-0.39, 0.29) is 16.2 Å². The Balaban J connectivity index is 1.19. The number of halogens is 2. The first-order valence-corrected chi connectivity index (χ1v) is 16.6. The summed E-state index contributed by atoms with van der Waals surface area (Å²) in [5, 5.41) is 0.706. The number of nitrogens with one attached hydrogen (secondary N) is 1. The summed E-state index contributed by atoms with van der Waals surface area (Å²) in [4.78, 5) is 17.6. The predicted molar refractivity (Wildman–Crippen MR) is 178 cm³/mol. The van der Waals surface area contributed by atoms with Gasteiger partial charge in [0, 0.05) is 49.5 Å². The molecule has 0 spiro atoms. The summed E-state index contributed by atoms with van der Waals surface area (Å²) >= 11 is 6.11. The Hall–Kier alpha value is -4.70. The molecule has 1 N–H and O–H groups in total. The SMILES string of the molecule is O=C(NS(=O)(=O)c1cccc(F)c1)c1ccc(N2CCN(Cc3ccccc3-c3ccc(Cl)cc3)CC2)cc1Oc1ccccc1. The van der Waals surface area contributed by atoms with Crippen LogP contribution in [0.1, 0.15) is 15.9 Å². The fourth-order valence-electron chi connectivity index (χ4n) is 5.44. The molecule has 5 aromatic carbocycles. The van der Waals surface area contributed by atoms with Crippen molar-refractivity contribution in [1.82, 2.24) is 9.62 Å². The number of carbonyl (C=O) groups excluding carboxylic acids is 1. The van der Waals surface area contributed by atoms with Crippen LogP contribution in [0.4, 0.5) is 10.1 Å². The molecule has 0 saturated carbocycles. The van der Waals surface area contributed by atoms with Gasteiger partial charge >= 0.3 is 0 Å². The highest BCUT2D eigenvalue weighted by molar-refractivity contribution is 7.90. The van der Waals surface area contributed by atoms with E-state index in [4.69, 9.17) is 16.3 Å². The number of para-hydroxylation sites is 1. The molecule has 7 nitrogen and oxygen atoms in total. The Morgan fingerprint density at radius 3 is 2.26 bits per heavy atom. The quantitative estimate of drug-likeness (QED) is 0.179. The van der Waals surface area contributed by atoms with Crippen LogP contribution in [0.2, 0.25) is 5.02 Å². The Kier molecular flexibility index (Phi) is 9.35. The fraction of sp³-hybridized carbons (Fsp3) is 0.139. The minimum absolute atomic E-state index is 0.0324. The van der Waals surface area contributed by atoms with Gasteiger partial charge in [0.05, 0.1) is 10.5 Å². The van der Waals surface area contributed by atoms with Crippen molar-refractivity contribution in [2.75, 3.05) is 31.1 Å². The highest BCUT2D eigenvalue weighted by Gasteiger charge is 2.24. The molecule has 0 bridgehead atoms. The topological polar surface area (TPSA) is 79.0 Å². The number of anilines is 1. The Bertz CT molecular complexity index is 1950. The number of carbonyl (C=O) groups is 1. The van der Waals surface area contributed by atoms with Crippen LogP contribution in [-0.2, 0) is 16.6 Å². The molecule has 0 aliphatic carbocycles.